The van der Waals surface area contributed by atoms with Gasteiger partial charge in [0.25, 0.3) is 0 Å². The average Bonchev–Trinajstić information content (AvgIpc) is 3.12. The van der Waals surface area contributed by atoms with Crippen LogP contribution in [0.15, 0.2) is 42.7 Å². The van der Waals surface area contributed by atoms with E-state index in [0.717, 1.165) is 18.1 Å². The van der Waals surface area contributed by atoms with E-state index in [1.165, 1.54) is 11.1 Å². The first-order valence-corrected chi connectivity index (χ1v) is 7.82. The summed E-state index contributed by atoms with van der Waals surface area (Å²) in [6.07, 6.45) is 3.98. The molecule has 0 fully saturated rings. The van der Waals surface area contributed by atoms with Gasteiger partial charge in [0.15, 0.2) is 5.82 Å². The van der Waals surface area contributed by atoms with Crippen LogP contribution >= 0.6 is 0 Å². The summed E-state index contributed by atoms with van der Waals surface area (Å²) in [5, 5.41) is 16.0. The maximum atomic E-state index is 4.76. The highest BCUT2D eigenvalue weighted by molar-refractivity contribution is 5.33. The van der Waals surface area contributed by atoms with E-state index in [9.17, 15) is 0 Å². The third-order valence-electron chi connectivity index (χ3n) is 3.67. The Bertz CT molecular complexity index is 756. The maximum Gasteiger partial charge on any atom is 0.168 e. The van der Waals surface area contributed by atoms with Crippen molar-refractivity contribution < 1.29 is 0 Å². The molecule has 3 aromatic rings. The first-order valence-electron chi connectivity index (χ1n) is 7.82. The van der Waals surface area contributed by atoms with E-state index in [1.54, 1.807) is 4.68 Å². The molecule has 0 aliphatic heterocycles. The minimum Gasteiger partial charge on any atom is -0.363 e. The predicted molar refractivity (Wildman–Crippen MR) is 90.2 cm³/mol. The van der Waals surface area contributed by atoms with Gasteiger partial charge in [0.2, 0.25) is 0 Å². The molecule has 0 aliphatic carbocycles. The summed E-state index contributed by atoms with van der Waals surface area (Å²) in [5.41, 5.74) is 3.57. The number of hydrogen-bond donors (Lipinski definition) is 1. The molecule has 1 aromatic carbocycles. The van der Waals surface area contributed by atoms with Gasteiger partial charge in [0, 0.05) is 25.4 Å². The largest absolute Gasteiger partial charge is 0.363 e. The van der Waals surface area contributed by atoms with Crippen molar-refractivity contribution in [3.8, 4) is 0 Å². The predicted octanol–water partition coefficient (Wildman–Crippen LogP) is 2.80. The Kier molecular flexibility index (Phi) is 4.41. The SMILES string of the molecule is CC(C)c1nn(Cc2ccccc2)cc1CNc1cn(C)nn1. The second kappa shape index (κ2) is 6.64. The van der Waals surface area contributed by atoms with E-state index in [2.05, 4.69) is 59.9 Å². The second-order valence-corrected chi connectivity index (χ2v) is 6.01. The molecule has 23 heavy (non-hydrogen) atoms. The van der Waals surface area contributed by atoms with Crippen molar-refractivity contribution in [3.05, 3.63) is 59.5 Å². The Morgan fingerprint density at radius 2 is 1.91 bits per heavy atom. The number of aryl methyl sites for hydroxylation is 1. The summed E-state index contributed by atoms with van der Waals surface area (Å²) < 4.78 is 3.70. The van der Waals surface area contributed by atoms with E-state index in [0.29, 0.717) is 12.5 Å². The van der Waals surface area contributed by atoms with E-state index >= 15 is 0 Å². The zero-order valence-electron chi connectivity index (χ0n) is 13.8. The van der Waals surface area contributed by atoms with Gasteiger partial charge in [0.1, 0.15) is 0 Å². The van der Waals surface area contributed by atoms with E-state index in [1.807, 2.05) is 24.0 Å². The van der Waals surface area contributed by atoms with Crippen LogP contribution in [-0.4, -0.2) is 24.8 Å². The van der Waals surface area contributed by atoms with Crippen LogP contribution in [-0.2, 0) is 20.1 Å². The van der Waals surface area contributed by atoms with Crippen molar-refractivity contribution in [1.82, 2.24) is 24.8 Å². The number of aromatic nitrogens is 5. The molecule has 0 saturated carbocycles. The number of hydrogen-bond acceptors (Lipinski definition) is 4. The third kappa shape index (κ3) is 3.77. The standard InChI is InChI=1S/C17H22N6/c1-13(2)17-15(9-18-16-12-22(3)21-19-16)11-23(20-17)10-14-7-5-4-6-8-14/h4-8,11-13,18H,9-10H2,1-3H3. The van der Waals surface area contributed by atoms with Crippen LogP contribution in [0.1, 0.15) is 36.6 Å². The second-order valence-electron chi connectivity index (χ2n) is 6.01. The molecule has 0 saturated heterocycles. The molecule has 120 valence electrons. The van der Waals surface area contributed by atoms with Crippen molar-refractivity contribution in [2.24, 2.45) is 7.05 Å². The van der Waals surface area contributed by atoms with Crippen LogP contribution in [0.4, 0.5) is 5.82 Å². The van der Waals surface area contributed by atoms with Gasteiger partial charge in [-0.2, -0.15) is 5.10 Å². The normalized spacial score (nSPS) is 11.1. The fraction of sp³-hybridized carbons (Fsp3) is 0.353. The highest BCUT2D eigenvalue weighted by atomic mass is 15.4. The van der Waals surface area contributed by atoms with Gasteiger partial charge in [-0.3, -0.25) is 9.36 Å². The summed E-state index contributed by atoms with van der Waals surface area (Å²) in [5.74, 6) is 1.16. The molecule has 0 atom stereocenters. The van der Waals surface area contributed by atoms with Crippen LogP contribution in [0, 0.1) is 0 Å². The lowest BCUT2D eigenvalue weighted by Crippen LogP contribution is -2.03. The molecule has 6 nitrogen and oxygen atoms in total. The number of nitrogens with zero attached hydrogens (tertiary/aromatic N) is 5. The topological polar surface area (TPSA) is 60.6 Å². The minimum atomic E-state index is 0.380. The molecule has 2 heterocycles. The van der Waals surface area contributed by atoms with E-state index in [-0.39, 0.29) is 0 Å². The fourth-order valence-electron chi connectivity index (χ4n) is 2.57. The van der Waals surface area contributed by atoms with Crippen LogP contribution in [0.3, 0.4) is 0 Å². The highest BCUT2D eigenvalue weighted by Crippen LogP contribution is 2.19. The molecule has 0 bridgehead atoms. The molecule has 0 unspecified atom stereocenters. The Balaban J connectivity index is 1.75. The number of benzene rings is 1. The van der Waals surface area contributed by atoms with E-state index in [4.69, 9.17) is 5.10 Å². The van der Waals surface area contributed by atoms with Crippen LogP contribution in [0.5, 0.6) is 0 Å². The molecule has 0 spiro atoms. The molecule has 3 rings (SSSR count). The number of anilines is 1. The van der Waals surface area contributed by atoms with E-state index < -0.39 is 0 Å². The lowest BCUT2D eigenvalue weighted by atomic mass is 10.1. The molecular weight excluding hydrogens is 288 g/mol. The van der Waals surface area contributed by atoms with Crippen LogP contribution < -0.4 is 5.32 Å². The Morgan fingerprint density at radius 3 is 2.57 bits per heavy atom. The molecule has 0 radical (unpaired) electrons. The number of rotatable bonds is 6. The van der Waals surface area contributed by atoms with Crippen molar-refractivity contribution >= 4 is 5.82 Å². The zero-order chi connectivity index (χ0) is 16.2. The summed E-state index contributed by atoms with van der Waals surface area (Å²) in [7, 11) is 1.86. The molecule has 0 aliphatic rings. The van der Waals surface area contributed by atoms with Gasteiger partial charge in [-0.05, 0) is 11.5 Å². The van der Waals surface area contributed by atoms with Crippen molar-refractivity contribution in [2.45, 2.75) is 32.9 Å². The first kappa shape index (κ1) is 15.3. The molecular formula is C17H22N6. The quantitative estimate of drug-likeness (QED) is 0.760. The monoisotopic (exact) mass is 310 g/mol. The summed E-state index contributed by atoms with van der Waals surface area (Å²) in [6.45, 7) is 5.81. The Labute approximate surface area is 136 Å². The lowest BCUT2D eigenvalue weighted by Gasteiger charge is -2.05. The number of nitrogens with one attached hydrogen (secondary N) is 1. The lowest BCUT2D eigenvalue weighted by molar-refractivity contribution is 0.657. The third-order valence-corrected chi connectivity index (χ3v) is 3.67. The Morgan fingerprint density at radius 1 is 1.13 bits per heavy atom. The Hall–Kier alpha value is -2.63. The molecule has 2 aromatic heterocycles. The maximum absolute atomic E-state index is 4.76. The zero-order valence-corrected chi connectivity index (χ0v) is 13.8. The van der Waals surface area contributed by atoms with Gasteiger partial charge in [0.05, 0.1) is 18.4 Å². The molecule has 6 heteroatoms. The van der Waals surface area contributed by atoms with Gasteiger partial charge >= 0.3 is 0 Å². The minimum absolute atomic E-state index is 0.380. The van der Waals surface area contributed by atoms with Crippen LogP contribution in [0.2, 0.25) is 0 Å². The van der Waals surface area contributed by atoms with Crippen molar-refractivity contribution in [3.63, 3.8) is 0 Å². The van der Waals surface area contributed by atoms with Gasteiger partial charge < -0.3 is 5.32 Å². The summed E-state index contributed by atoms with van der Waals surface area (Å²) >= 11 is 0. The average molecular weight is 310 g/mol. The molecule has 0 amide bonds. The summed E-state index contributed by atoms with van der Waals surface area (Å²) in [6, 6.07) is 10.4. The van der Waals surface area contributed by atoms with Crippen molar-refractivity contribution in [1.29, 1.82) is 0 Å². The van der Waals surface area contributed by atoms with Gasteiger partial charge in [-0.25, -0.2) is 0 Å². The molecule has 1 N–H and O–H groups in total. The van der Waals surface area contributed by atoms with Crippen LogP contribution in [0.25, 0.3) is 0 Å². The highest BCUT2D eigenvalue weighted by Gasteiger charge is 2.13. The summed E-state index contributed by atoms with van der Waals surface area (Å²) in [4.78, 5) is 0. The van der Waals surface area contributed by atoms with Gasteiger partial charge in [-0.15, -0.1) is 5.10 Å². The fourth-order valence-corrected chi connectivity index (χ4v) is 2.57. The van der Waals surface area contributed by atoms with Crippen molar-refractivity contribution in [2.75, 3.05) is 5.32 Å². The van der Waals surface area contributed by atoms with Gasteiger partial charge in [-0.1, -0.05) is 49.4 Å². The smallest absolute Gasteiger partial charge is 0.168 e. The first-order chi connectivity index (χ1) is 11.1.